The Morgan fingerprint density at radius 1 is 1.75 bits per heavy atom. The molecule has 2 heterocycles. The summed E-state index contributed by atoms with van der Waals surface area (Å²) in [6, 6.07) is 0. The molecule has 4 nitrogen and oxygen atoms in total. The second-order valence-electron chi connectivity index (χ2n) is 3.26. The van der Waals surface area contributed by atoms with Crippen molar-refractivity contribution in [2.75, 3.05) is 19.6 Å². The Bertz CT molecular complexity index is 237. The molecule has 2 aliphatic heterocycles. The van der Waals surface area contributed by atoms with Gasteiger partial charge in [-0.3, -0.25) is 5.43 Å². The molecule has 2 bridgehead atoms. The summed E-state index contributed by atoms with van der Waals surface area (Å²) in [5, 5.41) is 10.9. The van der Waals surface area contributed by atoms with Crippen molar-refractivity contribution in [1.82, 2.24) is 10.4 Å². The number of fused-ring (bicyclic) bond motifs is 2. The summed E-state index contributed by atoms with van der Waals surface area (Å²) in [4.78, 5) is 10.7. The van der Waals surface area contributed by atoms with Crippen LogP contribution in [0.3, 0.4) is 0 Å². The molecule has 1 fully saturated rings. The van der Waals surface area contributed by atoms with E-state index < -0.39 is 5.97 Å². The van der Waals surface area contributed by atoms with Gasteiger partial charge in [-0.05, 0) is 6.42 Å². The minimum Gasteiger partial charge on any atom is -0.478 e. The van der Waals surface area contributed by atoms with Crippen LogP contribution in [0, 0.1) is 5.92 Å². The molecule has 0 amide bonds. The summed E-state index contributed by atoms with van der Waals surface area (Å²) in [6.07, 6.45) is 2.75. The molecular formula is C8H12N2O2. The highest BCUT2D eigenvalue weighted by Gasteiger charge is 2.29. The van der Waals surface area contributed by atoms with Gasteiger partial charge in [0.25, 0.3) is 0 Å². The van der Waals surface area contributed by atoms with Crippen LogP contribution in [-0.4, -0.2) is 35.7 Å². The van der Waals surface area contributed by atoms with Gasteiger partial charge < -0.3 is 5.11 Å². The highest BCUT2D eigenvalue weighted by atomic mass is 16.4. The van der Waals surface area contributed by atoms with Crippen molar-refractivity contribution in [3.63, 3.8) is 0 Å². The molecule has 0 aliphatic carbocycles. The number of carboxylic acids is 1. The molecule has 12 heavy (non-hydrogen) atoms. The first-order chi connectivity index (χ1) is 5.77. The third-order valence-corrected chi connectivity index (χ3v) is 2.49. The zero-order valence-corrected chi connectivity index (χ0v) is 6.79. The maximum atomic E-state index is 10.7. The van der Waals surface area contributed by atoms with Crippen molar-refractivity contribution < 1.29 is 9.90 Å². The third kappa shape index (κ3) is 1.23. The first kappa shape index (κ1) is 7.76. The molecule has 2 rings (SSSR count). The lowest BCUT2D eigenvalue weighted by atomic mass is 9.91. The average molecular weight is 168 g/mol. The maximum Gasteiger partial charge on any atom is 0.331 e. The summed E-state index contributed by atoms with van der Waals surface area (Å²) in [5.74, 6) is -0.515. The molecule has 0 saturated carbocycles. The average Bonchev–Trinajstić information content (AvgIpc) is 2.04. The number of nitrogens with one attached hydrogen (secondary N) is 1. The normalized spacial score (nSPS) is 34.2. The van der Waals surface area contributed by atoms with Crippen LogP contribution in [0.4, 0.5) is 0 Å². The minimum absolute atomic E-state index is 0.234. The predicted octanol–water partition coefficient (Wildman–Crippen LogP) is -0.162. The van der Waals surface area contributed by atoms with Crippen molar-refractivity contribution in [2.45, 2.75) is 6.42 Å². The molecule has 0 aromatic heterocycles. The first-order valence-corrected chi connectivity index (χ1v) is 4.19. The van der Waals surface area contributed by atoms with E-state index in [-0.39, 0.29) is 5.92 Å². The van der Waals surface area contributed by atoms with Crippen LogP contribution >= 0.6 is 0 Å². The maximum absolute atomic E-state index is 10.7. The summed E-state index contributed by atoms with van der Waals surface area (Å²) in [7, 11) is 0. The fraction of sp³-hybridized carbons (Fsp3) is 0.625. The van der Waals surface area contributed by atoms with Crippen LogP contribution in [0.15, 0.2) is 11.6 Å². The van der Waals surface area contributed by atoms with E-state index in [1.807, 2.05) is 6.08 Å². The number of hydrogen-bond donors (Lipinski definition) is 2. The Labute approximate surface area is 70.8 Å². The van der Waals surface area contributed by atoms with E-state index in [0.717, 1.165) is 26.1 Å². The van der Waals surface area contributed by atoms with Gasteiger partial charge in [0.15, 0.2) is 0 Å². The van der Waals surface area contributed by atoms with Gasteiger partial charge >= 0.3 is 5.97 Å². The van der Waals surface area contributed by atoms with Crippen molar-refractivity contribution in [1.29, 1.82) is 0 Å². The molecule has 2 N–H and O–H groups in total. The molecule has 2 unspecified atom stereocenters. The van der Waals surface area contributed by atoms with Crippen LogP contribution in [0.1, 0.15) is 6.42 Å². The molecular weight excluding hydrogens is 156 g/mol. The number of carboxylic acid groups (broad SMARTS) is 1. The van der Waals surface area contributed by atoms with Crippen LogP contribution in [0.2, 0.25) is 0 Å². The lowest BCUT2D eigenvalue weighted by Crippen LogP contribution is -2.50. The highest BCUT2D eigenvalue weighted by molar-refractivity contribution is 5.87. The van der Waals surface area contributed by atoms with Crippen LogP contribution < -0.4 is 5.43 Å². The SMILES string of the molecule is O=C(O)C1=CCN2CC1CCN2. The van der Waals surface area contributed by atoms with Crippen LogP contribution in [-0.2, 0) is 4.79 Å². The number of rotatable bonds is 1. The fourth-order valence-electron chi connectivity index (χ4n) is 1.85. The molecule has 0 spiro atoms. The summed E-state index contributed by atoms with van der Waals surface area (Å²) >= 11 is 0. The number of hydrogen-bond acceptors (Lipinski definition) is 3. The Hall–Kier alpha value is -0.870. The molecule has 0 aromatic rings. The molecule has 2 atom stereocenters. The second kappa shape index (κ2) is 2.88. The van der Waals surface area contributed by atoms with Crippen molar-refractivity contribution in [2.24, 2.45) is 5.92 Å². The lowest BCUT2D eigenvalue weighted by Gasteiger charge is -2.36. The number of aliphatic carboxylic acids is 1. The predicted molar refractivity (Wildman–Crippen MR) is 43.4 cm³/mol. The fourth-order valence-corrected chi connectivity index (χ4v) is 1.85. The Kier molecular flexibility index (Phi) is 1.86. The largest absolute Gasteiger partial charge is 0.478 e. The van der Waals surface area contributed by atoms with Gasteiger partial charge in [-0.25, -0.2) is 9.80 Å². The summed E-state index contributed by atoms with van der Waals surface area (Å²) in [5.41, 5.74) is 3.81. The van der Waals surface area contributed by atoms with Gasteiger partial charge in [-0.2, -0.15) is 0 Å². The van der Waals surface area contributed by atoms with E-state index in [1.165, 1.54) is 0 Å². The first-order valence-electron chi connectivity index (χ1n) is 4.19. The number of hydrazine groups is 1. The zero-order chi connectivity index (χ0) is 8.55. The van der Waals surface area contributed by atoms with E-state index in [0.29, 0.717) is 5.57 Å². The van der Waals surface area contributed by atoms with Gasteiger partial charge in [0.05, 0.1) is 0 Å². The smallest absolute Gasteiger partial charge is 0.331 e. The van der Waals surface area contributed by atoms with Crippen molar-refractivity contribution in [3.05, 3.63) is 11.6 Å². The quantitative estimate of drug-likeness (QED) is 0.571. The lowest BCUT2D eigenvalue weighted by molar-refractivity contribution is -0.133. The molecule has 1 saturated heterocycles. The van der Waals surface area contributed by atoms with E-state index in [4.69, 9.17) is 5.11 Å². The van der Waals surface area contributed by atoms with Crippen molar-refractivity contribution in [3.8, 4) is 0 Å². The Morgan fingerprint density at radius 2 is 2.58 bits per heavy atom. The van der Waals surface area contributed by atoms with E-state index in [2.05, 4.69) is 10.4 Å². The Balaban J connectivity index is 2.19. The molecule has 4 heteroatoms. The number of nitrogens with zero attached hydrogens (tertiary/aromatic N) is 1. The minimum atomic E-state index is -0.749. The van der Waals surface area contributed by atoms with Gasteiger partial charge in [-0.1, -0.05) is 6.08 Å². The van der Waals surface area contributed by atoms with Gasteiger partial charge in [0.1, 0.15) is 0 Å². The topological polar surface area (TPSA) is 52.6 Å². The molecule has 66 valence electrons. The standard InChI is InChI=1S/C8H12N2O2/c11-8(12)7-2-4-10-5-6(7)1-3-9-10/h2,6,9H,1,3-5H2,(H,11,12). The molecule has 0 radical (unpaired) electrons. The van der Waals surface area contributed by atoms with E-state index in [9.17, 15) is 4.79 Å². The Morgan fingerprint density at radius 3 is 3.33 bits per heavy atom. The van der Waals surface area contributed by atoms with Gasteiger partial charge in [0, 0.05) is 31.1 Å². The summed E-state index contributed by atoms with van der Waals surface area (Å²) in [6.45, 7) is 2.46. The monoisotopic (exact) mass is 168 g/mol. The van der Waals surface area contributed by atoms with Gasteiger partial charge in [-0.15, -0.1) is 0 Å². The highest BCUT2D eigenvalue weighted by Crippen LogP contribution is 2.23. The number of carbonyl (C=O) groups is 1. The van der Waals surface area contributed by atoms with E-state index in [1.54, 1.807) is 0 Å². The van der Waals surface area contributed by atoms with Gasteiger partial charge in [0.2, 0.25) is 0 Å². The molecule has 2 aliphatic rings. The summed E-state index contributed by atoms with van der Waals surface area (Å²) < 4.78 is 0. The van der Waals surface area contributed by atoms with Crippen molar-refractivity contribution >= 4 is 5.97 Å². The van der Waals surface area contributed by atoms with E-state index >= 15 is 0 Å². The second-order valence-corrected chi connectivity index (χ2v) is 3.26. The molecule has 0 aromatic carbocycles. The third-order valence-electron chi connectivity index (χ3n) is 2.49. The zero-order valence-electron chi connectivity index (χ0n) is 6.79. The van der Waals surface area contributed by atoms with Crippen LogP contribution in [0.25, 0.3) is 0 Å². The van der Waals surface area contributed by atoms with Crippen LogP contribution in [0.5, 0.6) is 0 Å².